The average Bonchev–Trinajstić information content (AvgIpc) is 3.27. The third-order valence-electron chi connectivity index (χ3n) is 7.45. The highest BCUT2D eigenvalue weighted by Crippen LogP contribution is 2.30. The van der Waals surface area contributed by atoms with Gasteiger partial charge in [0, 0.05) is 25.1 Å². The fourth-order valence-corrected chi connectivity index (χ4v) is 5.51. The highest BCUT2D eigenvalue weighted by Gasteiger charge is 2.30. The number of pyridine rings is 1. The summed E-state index contributed by atoms with van der Waals surface area (Å²) >= 11 is 0. The predicted molar refractivity (Wildman–Crippen MR) is 151 cm³/mol. The van der Waals surface area contributed by atoms with Gasteiger partial charge in [-0.15, -0.1) is 0 Å². The second kappa shape index (κ2) is 11.6. The number of benzene rings is 2. The number of fused-ring (bicyclic) bond motifs is 3. The first-order valence-corrected chi connectivity index (χ1v) is 14.0. The summed E-state index contributed by atoms with van der Waals surface area (Å²) < 4.78 is 14.8. The Kier molecular flexibility index (Phi) is 8.02. The van der Waals surface area contributed by atoms with Crippen molar-refractivity contribution in [1.82, 2.24) is 14.9 Å². The van der Waals surface area contributed by atoms with Gasteiger partial charge in [-0.25, -0.2) is 4.98 Å². The van der Waals surface area contributed by atoms with Gasteiger partial charge in [-0.05, 0) is 51.3 Å². The molecule has 2 aromatic carbocycles. The average molecular weight is 531 g/mol. The number of carbonyl (C=O) groups is 1. The van der Waals surface area contributed by atoms with Gasteiger partial charge in [0.05, 0.1) is 16.4 Å². The number of nitrogens with zero attached hydrogens (tertiary/aromatic N) is 3. The van der Waals surface area contributed by atoms with Crippen LogP contribution in [0.15, 0.2) is 54.7 Å². The van der Waals surface area contributed by atoms with Crippen molar-refractivity contribution in [1.29, 1.82) is 0 Å². The molecule has 1 N–H and O–H groups in total. The van der Waals surface area contributed by atoms with Crippen LogP contribution < -0.4 is 14.8 Å². The number of hydrogen-bond acceptors (Lipinski definition) is 5. The second-order valence-corrected chi connectivity index (χ2v) is 11.1. The summed E-state index contributed by atoms with van der Waals surface area (Å²) in [4.78, 5) is 17.9. The number of carbonyl (C=O) groups excluding carboxylic acids is 1. The Morgan fingerprint density at radius 1 is 1.13 bits per heavy atom. The van der Waals surface area contributed by atoms with E-state index in [2.05, 4.69) is 9.88 Å². The van der Waals surface area contributed by atoms with Gasteiger partial charge in [0.1, 0.15) is 24.8 Å². The van der Waals surface area contributed by atoms with E-state index in [9.17, 15) is 10.0 Å². The van der Waals surface area contributed by atoms with Crippen LogP contribution in [0.3, 0.4) is 0 Å². The molecule has 2 aromatic heterocycles. The number of rotatable bonds is 10. The number of ether oxygens (including phenoxy) is 2. The van der Waals surface area contributed by atoms with E-state index in [4.69, 9.17) is 14.5 Å². The van der Waals surface area contributed by atoms with E-state index in [1.165, 1.54) is 12.6 Å². The lowest BCUT2D eigenvalue weighted by Crippen LogP contribution is -2.49. The van der Waals surface area contributed by atoms with E-state index in [0.717, 1.165) is 52.7 Å². The summed E-state index contributed by atoms with van der Waals surface area (Å²) in [5.41, 5.74) is 2.47. The fourth-order valence-electron chi connectivity index (χ4n) is 5.51. The van der Waals surface area contributed by atoms with Gasteiger partial charge in [-0.3, -0.25) is 4.79 Å². The van der Waals surface area contributed by atoms with E-state index < -0.39 is 5.54 Å². The summed E-state index contributed by atoms with van der Waals surface area (Å²) in [6, 6.07) is 15.5. The van der Waals surface area contributed by atoms with Gasteiger partial charge in [-0.2, -0.15) is 4.73 Å². The van der Waals surface area contributed by atoms with Crippen LogP contribution in [0.4, 0.5) is 0 Å². The minimum Gasteiger partial charge on any atom is -0.618 e. The largest absolute Gasteiger partial charge is 0.618 e. The summed E-state index contributed by atoms with van der Waals surface area (Å²) in [6.07, 6.45) is 6.84. The monoisotopic (exact) mass is 530 g/mol. The lowest BCUT2D eigenvalue weighted by Gasteiger charge is -2.31. The van der Waals surface area contributed by atoms with Crippen molar-refractivity contribution in [2.24, 2.45) is 5.92 Å². The van der Waals surface area contributed by atoms with Crippen molar-refractivity contribution < 1.29 is 19.0 Å². The van der Waals surface area contributed by atoms with E-state index in [0.29, 0.717) is 43.1 Å². The molecule has 1 aliphatic rings. The van der Waals surface area contributed by atoms with Crippen molar-refractivity contribution in [2.75, 3.05) is 6.61 Å². The van der Waals surface area contributed by atoms with Gasteiger partial charge in [-0.1, -0.05) is 49.6 Å². The van der Waals surface area contributed by atoms with E-state index in [1.54, 1.807) is 6.07 Å². The highest BCUT2D eigenvalue weighted by atomic mass is 16.5. The smallest absolute Gasteiger partial charge is 0.226 e. The van der Waals surface area contributed by atoms with Crippen LogP contribution >= 0.6 is 0 Å². The second-order valence-electron chi connectivity index (χ2n) is 11.1. The number of aromatic nitrogens is 3. The maximum absolute atomic E-state index is 13.1. The number of amides is 1. The molecule has 0 bridgehead atoms. The third-order valence-corrected chi connectivity index (χ3v) is 7.45. The first kappa shape index (κ1) is 26.9. The summed E-state index contributed by atoms with van der Waals surface area (Å²) in [5, 5.41) is 17.0. The molecule has 0 spiro atoms. The molecular weight excluding hydrogens is 492 g/mol. The minimum atomic E-state index is -0.542. The molecule has 8 heteroatoms. The molecule has 1 amide bonds. The van der Waals surface area contributed by atoms with Gasteiger partial charge in [0.15, 0.2) is 5.52 Å². The standard InChI is InChI=1S/C31H38N4O4/c1-4-38-20-28-32-26-18-35(37)27-16-15-24(39-19-22-11-7-5-8-12-22)17-25(27)29(26)34(28)21-31(2,3)33-30(36)23-13-9-6-10-14-23/h5,7-8,11-12,15-18,23H,4,6,9-10,13-14,19-21H2,1-3H3,(H,33,36). The quantitative estimate of drug-likeness (QED) is 0.219. The van der Waals surface area contributed by atoms with Crippen LogP contribution in [0.5, 0.6) is 5.75 Å². The summed E-state index contributed by atoms with van der Waals surface area (Å²) in [6.45, 7) is 7.78. The van der Waals surface area contributed by atoms with Crippen LogP contribution in [0, 0.1) is 11.1 Å². The Morgan fingerprint density at radius 3 is 2.64 bits per heavy atom. The lowest BCUT2D eigenvalue weighted by atomic mass is 9.88. The molecule has 8 nitrogen and oxygen atoms in total. The minimum absolute atomic E-state index is 0.0741. The Hall–Kier alpha value is -3.65. The molecule has 1 aliphatic carbocycles. The molecule has 1 fully saturated rings. The van der Waals surface area contributed by atoms with Crippen LogP contribution in [0.25, 0.3) is 21.9 Å². The molecule has 0 aliphatic heterocycles. The Labute approximate surface area is 229 Å². The Morgan fingerprint density at radius 2 is 1.90 bits per heavy atom. The summed E-state index contributed by atoms with van der Waals surface area (Å²) in [7, 11) is 0. The normalized spacial score (nSPS) is 14.6. The molecule has 0 radical (unpaired) electrons. The van der Waals surface area contributed by atoms with Gasteiger partial charge < -0.3 is 24.6 Å². The van der Waals surface area contributed by atoms with E-state index in [1.807, 2.05) is 63.2 Å². The van der Waals surface area contributed by atoms with Crippen LogP contribution in [-0.2, 0) is 29.3 Å². The third kappa shape index (κ3) is 6.17. The molecule has 1 saturated carbocycles. The van der Waals surface area contributed by atoms with Crippen molar-refractivity contribution in [3.63, 3.8) is 0 Å². The molecule has 4 aromatic rings. The highest BCUT2D eigenvalue weighted by molar-refractivity contribution is 6.01. The lowest BCUT2D eigenvalue weighted by molar-refractivity contribution is -0.575. The van der Waals surface area contributed by atoms with Crippen molar-refractivity contribution in [3.8, 4) is 5.75 Å². The van der Waals surface area contributed by atoms with E-state index in [-0.39, 0.29) is 11.8 Å². The first-order valence-electron chi connectivity index (χ1n) is 14.0. The maximum Gasteiger partial charge on any atom is 0.226 e. The zero-order valence-corrected chi connectivity index (χ0v) is 23.1. The molecule has 0 saturated heterocycles. The fraction of sp³-hybridized carbons (Fsp3) is 0.452. The zero-order valence-electron chi connectivity index (χ0n) is 23.1. The van der Waals surface area contributed by atoms with Crippen molar-refractivity contribution in [2.45, 2.75) is 78.2 Å². The van der Waals surface area contributed by atoms with Crippen LogP contribution in [0.2, 0.25) is 0 Å². The van der Waals surface area contributed by atoms with Crippen LogP contribution in [-0.4, -0.2) is 27.6 Å². The van der Waals surface area contributed by atoms with Crippen molar-refractivity contribution >= 4 is 27.8 Å². The SMILES string of the molecule is CCOCc1nc2c[n+]([O-])c3ccc(OCc4ccccc4)cc3c2n1CC(C)(C)NC(=O)C1CCCCC1. The molecular formula is C31H38N4O4. The molecule has 39 heavy (non-hydrogen) atoms. The van der Waals surface area contributed by atoms with E-state index >= 15 is 0 Å². The molecule has 0 unspecified atom stereocenters. The number of imidazole rings is 1. The predicted octanol–water partition coefficient (Wildman–Crippen LogP) is 5.41. The molecule has 5 rings (SSSR count). The number of nitrogens with one attached hydrogen (secondary N) is 1. The molecule has 206 valence electrons. The zero-order chi connectivity index (χ0) is 27.4. The van der Waals surface area contributed by atoms with Gasteiger partial charge in [0.2, 0.25) is 17.6 Å². The Balaban J connectivity index is 1.52. The summed E-state index contributed by atoms with van der Waals surface area (Å²) in [5.74, 6) is 1.58. The van der Waals surface area contributed by atoms with Crippen LogP contribution in [0.1, 0.15) is 64.3 Å². The van der Waals surface area contributed by atoms with Gasteiger partial charge >= 0.3 is 0 Å². The van der Waals surface area contributed by atoms with Crippen molar-refractivity contribution in [3.05, 3.63) is 71.3 Å². The first-order chi connectivity index (χ1) is 18.8. The Bertz CT molecular complexity index is 1440. The molecule has 2 heterocycles. The topological polar surface area (TPSA) is 92.3 Å². The maximum atomic E-state index is 13.1. The number of hydrogen-bond donors (Lipinski definition) is 1. The molecule has 0 atom stereocenters. The van der Waals surface area contributed by atoms with Gasteiger partial charge in [0.25, 0.3) is 0 Å².